The Morgan fingerprint density at radius 3 is 2.92 bits per heavy atom. The summed E-state index contributed by atoms with van der Waals surface area (Å²) in [6, 6.07) is 4.84. The molecule has 1 fully saturated rings. The van der Waals surface area contributed by atoms with Gasteiger partial charge in [-0.05, 0) is 19.2 Å². The van der Waals surface area contributed by atoms with Crippen LogP contribution in [0.25, 0.3) is 10.9 Å². The van der Waals surface area contributed by atoms with E-state index in [2.05, 4.69) is 37.3 Å². The Kier molecular flexibility index (Phi) is 4.02. The van der Waals surface area contributed by atoms with E-state index in [0.29, 0.717) is 16.2 Å². The summed E-state index contributed by atoms with van der Waals surface area (Å²) in [4.78, 5) is 21.9. The van der Waals surface area contributed by atoms with Crippen LogP contribution in [-0.2, 0) is 0 Å². The Hall–Kier alpha value is -2.65. The van der Waals surface area contributed by atoms with Gasteiger partial charge in [-0.1, -0.05) is 11.3 Å². The van der Waals surface area contributed by atoms with Crippen LogP contribution < -0.4 is 10.2 Å². The van der Waals surface area contributed by atoms with Crippen molar-refractivity contribution in [3.8, 4) is 5.75 Å². The average molecular weight is 358 g/mol. The van der Waals surface area contributed by atoms with Gasteiger partial charge >= 0.3 is 0 Å². The van der Waals surface area contributed by atoms with Gasteiger partial charge in [-0.15, -0.1) is 0 Å². The number of nitrogens with zero attached hydrogens (tertiary/aromatic N) is 4. The largest absolute Gasteiger partial charge is 0.508 e. The zero-order valence-electron chi connectivity index (χ0n) is 13.7. The van der Waals surface area contributed by atoms with Gasteiger partial charge in [0.25, 0.3) is 5.91 Å². The predicted molar refractivity (Wildman–Crippen MR) is 97.5 cm³/mol. The molecule has 1 aliphatic heterocycles. The Bertz CT molecular complexity index is 912. The van der Waals surface area contributed by atoms with E-state index < -0.39 is 0 Å². The van der Waals surface area contributed by atoms with E-state index in [1.807, 2.05) is 0 Å². The van der Waals surface area contributed by atoms with Crippen molar-refractivity contribution in [3.63, 3.8) is 0 Å². The summed E-state index contributed by atoms with van der Waals surface area (Å²) in [6.07, 6.45) is 1.61. The number of benzene rings is 1. The predicted octanol–water partition coefficient (Wildman–Crippen LogP) is 1.73. The number of thiazole rings is 1. The first-order valence-corrected chi connectivity index (χ1v) is 8.79. The summed E-state index contributed by atoms with van der Waals surface area (Å²) < 4.78 is 0. The smallest absolute Gasteiger partial charge is 0.268 e. The number of nitrogens with one attached hydrogen (secondary N) is 2. The van der Waals surface area contributed by atoms with Crippen molar-refractivity contribution < 1.29 is 9.90 Å². The fourth-order valence-corrected chi connectivity index (χ4v) is 3.65. The summed E-state index contributed by atoms with van der Waals surface area (Å²) >= 11 is 1.38. The number of rotatable bonds is 3. The first kappa shape index (κ1) is 15.9. The molecule has 3 heterocycles. The maximum atomic E-state index is 12.5. The summed E-state index contributed by atoms with van der Waals surface area (Å²) in [7, 11) is 2.10. The summed E-state index contributed by atoms with van der Waals surface area (Å²) in [6.45, 7) is 3.82. The third-order valence-corrected chi connectivity index (χ3v) is 5.33. The van der Waals surface area contributed by atoms with Crippen molar-refractivity contribution in [1.29, 1.82) is 0 Å². The van der Waals surface area contributed by atoms with E-state index in [1.165, 1.54) is 11.3 Å². The van der Waals surface area contributed by atoms with Crippen molar-refractivity contribution in [1.82, 2.24) is 20.1 Å². The molecule has 4 rings (SSSR count). The number of carbonyl (C=O) groups excluding carboxylic acids is 1. The van der Waals surface area contributed by atoms with Crippen LogP contribution in [0.5, 0.6) is 5.75 Å². The number of carbonyl (C=O) groups is 1. The first-order chi connectivity index (χ1) is 12.1. The maximum absolute atomic E-state index is 12.5. The molecule has 1 saturated heterocycles. The van der Waals surface area contributed by atoms with Crippen LogP contribution in [0.15, 0.2) is 24.4 Å². The quantitative estimate of drug-likeness (QED) is 0.660. The van der Waals surface area contributed by atoms with Gasteiger partial charge < -0.3 is 20.2 Å². The number of piperazine rings is 1. The van der Waals surface area contributed by atoms with Crippen LogP contribution in [0.3, 0.4) is 0 Å². The molecule has 0 bridgehead atoms. The lowest BCUT2D eigenvalue weighted by atomic mass is 10.2. The molecule has 0 radical (unpaired) electrons. The zero-order valence-corrected chi connectivity index (χ0v) is 14.5. The number of phenolic OH excluding ortho intramolecular Hbond substituents is 1. The molecule has 2 aromatic heterocycles. The zero-order chi connectivity index (χ0) is 17.4. The fourth-order valence-electron chi connectivity index (χ4n) is 2.79. The Morgan fingerprint density at radius 1 is 1.32 bits per heavy atom. The molecule has 0 unspecified atom stereocenters. The molecular weight excluding hydrogens is 340 g/mol. The van der Waals surface area contributed by atoms with Crippen molar-refractivity contribution in [2.75, 3.05) is 43.4 Å². The minimum absolute atomic E-state index is 0.147. The normalized spacial score (nSPS) is 15.6. The number of amides is 1. The van der Waals surface area contributed by atoms with E-state index in [-0.39, 0.29) is 11.7 Å². The van der Waals surface area contributed by atoms with Gasteiger partial charge in [0.1, 0.15) is 10.6 Å². The van der Waals surface area contributed by atoms with Crippen molar-refractivity contribution >= 4 is 39.1 Å². The maximum Gasteiger partial charge on any atom is 0.268 e. The van der Waals surface area contributed by atoms with E-state index >= 15 is 0 Å². The minimum atomic E-state index is -0.237. The van der Waals surface area contributed by atoms with Gasteiger partial charge in [-0.3, -0.25) is 9.89 Å². The number of phenols is 1. The molecule has 0 spiro atoms. The second-order valence-electron chi connectivity index (χ2n) is 6.05. The lowest BCUT2D eigenvalue weighted by molar-refractivity contribution is 0.103. The molecular formula is C16H18N6O2S. The molecule has 130 valence electrons. The molecule has 8 nitrogen and oxygen atoms in total. The van der Waals surface area contributed by atoms with Crippen LogP contribution in [-0.4, -0.2) is 64.3 Å². The third-order valence-electron chi connectivity index (χ3n) is 4.27. The van der Waals surface area contributed by atoms with Gasteiger partial charge in [-0.2, -0.15) is 5.10 Å². The highest BCUT2D eigenvalue weighted by Gasteiger charge is 2.20. The topological polar surface area (TPSA) is 97.4 Å². The number of hydrogen-bond donors (Lipinski definition) is 3. The fraction of sp³-hybridized carbons (Fsp3) is 0.312. The van der Waals surface area contributed by atoms with Gasteiger partial charge in [0.2, 0.25) is 0 Å². The second kappa shape index (κ2) is 6.34. The van der Waals surface area contributed by atoms with Crippen LogP contribution in [0, 0.1) is 0 Å². The number of hydrogen-bond acceptors (Lipinski definition) is 7. The highest BCUT2D eigenvalue weighted by Crippen LogP contribution is 2.27. The number of likely N-dealkylation sites (N-methyl/N-ethyl adjacent to an activating group) is 1. The summed E-state index contributed by atoms with van der Waals surface area (Å²) in [5.74, 6) is 0.349. The molecule has 3 aromatic rings. The van der Waals surface area contributed by atoms with E-state index in [0.717, 1.165) is 36.7 Å². The summed E-state index contributed by atoms with van der Waals surface area (Å²) in [5, 5.41) is 20.8. The molecule has 0 saturated carbocycles. The lowest BCUT2D eigenvalue weighted by Crippen LogP contribution is -2.44. The summed E-state index contributed by atoms with van der Waals surface area (Å²) in [5.41, 5.74) is 0.665. The van der Waals surface area contributed by atoms with Crippen LogP contribution in [0.1, 0.15) is 9.67 Å². The van der Waals surface area contributed by atoms with Crippen LogP contribution >= 0.6 is 11.3 Å². The van der Waals surface area contributed by atoms with Crippen LogP contribution in [0.4, 0.5) is 10.9 Å². The monoisotopic (exact) mass is 358 g/mol. The Balaban J connectivity index is 1.49. The lowest BCUT2D eigenvalue weighted by Gasteiger charge is -2.32. The molecule has 25 heavy (non-hydrogen) atoms. The third kappa shape index (κ3) is 3.15. The Labute approximate surface area is 148 Å². The molecule has 0 aliphatic carbocycles. The molecule has 9 heteroatoms. The number of aromatic nitrogens is 3. The van der Waals surface area contributed by atoms with Gasteiger partial charge in [0.05, 0.1) is 11.7 Å². The number of H-pyrrole nitrogens is 1. The van der Waals surface area contributed by atoms with E-state index in [9.17, 15) is 9.90 Å². The van der Waals surface area contributed by atoms with E-state index in [1.54, 1.807) is 24.4 Å². The second-order valence-corrected chi connectivity index (χ2v) is 7.06. The SMILES string of the molecule is CN1CCN(c2ncc(C(=O)Nc3n[nH]c4cc(O)ccc34)s2)CC1. The van der Waals surface area contributed by atoms with Crippen LogP contribution in [0.2, 0.25) is 0 Å². The molecule has 0 atom stereocenters. The van der Waals surface area contributed by atoms with Gasteiger partial charge in [0.15, 0.2) is 10.9 Å². The van der Waals surface area contributed by atoms with Gasteiger partial charge in [-0.25, -0.2) is 4.98 Å². The first-order valence-electron chi connectivity index (χ1n) is 7.98. The Morgan fingerprint density at radius 2 is 2.12 bits per heavy atom. The van der Waals surface area contributed by atoms with E-state index in [4.69, 9.17) is 0 Å². The standard InChI is InChI=1S/C16H18N6O2S/c1-21-4-6-22(7-5-21)16-17-9-13(25-16)15(24)18-14-11-3-2-10(23)8-12(11)19-20-14/h2-3,8-9,23H,4-7H2,1H3,(H2,18,19,20,24). The van der Waals surface area contributed by atoms with Crippen molar-refractivity contribution in [2.45, 2.75) is 0 Å². The number of aromatic hydroxyl groups is 1. The molecule has 1 aromatic carbocycles. The van der Waals surface area contributed by atoms with Gasteiger partial charge in [0, 0.05) is 37.6 Å². The minimum Gasteiger partial charge on any atom is -0.508 e. The highest BCUT2D eigenvalue weighted by atomic mass is 32.1. The van der Waals surface area contributed by atoms with Crippen molar-refractivity contribution in [2.24, 2.45) is 0 Å². The number of fused-ring (bicyclic) bond motifs is 1. The van der Waals surface area contributed by atoms with Crippen molar-refractivity contribution in [3.05, 3.63) is 29.3 Å². The average Bonchev–Trinajstić information content (AvgIpc) is 3.23. The number of anilines is 2. The molecule has 1 aliphatic rings. The molecule has 1 amide bonds. The number of aromatic amines is 1. The molecule has 3 N–H and O–H groups in total. The highest BCUT2D eigenvalue weighted by molar-refractivity contribution is 7.17.